The average Bonchev–Trinajstić information content (AvgIpc) is 2.72. The van der Waals surface area contributed by atoms with Gasteiger partial charge in [-0.1, -0.05) is 32.0 Å². The van der Waals surface area contributed by atoms with Crippen LogP contribution in [0.15, 0.2) is 68.7 Å². The number of halogens is 2. The topological polar surface area (TPSA) is 67.6 Å². The van der Waals surface area contributed by atoms with E-state index < -0.39 is 33.4 Å². The molecule has 1 aliphatic rings. The minimum absolute atomic E-state index is 0.0130. The van der Waals surface area contributed by atoms with Crippen molar-refractivity contribution in [1.82, 2.24) is 4.31 Å². The van der Waals surface area contributed by atoms with E-state index in [-0.39, 0.29) is 18.0 Å². The summed E-state index contributed by atoms with van der Waals surface area (Å²) in [6.07, 6.45) is 0. The zero-order valence-electron chi connectivity index (χ0n) is 16.5. The van der Waals surface area contributed by atoms with E-state index in [2.05, 4.69) is 0 Å². The standard InChI is InChI=1S/C22H21F2NO4S/c1-14-12-25(13-15(2)22(14,23)24)30(27,28)18-9-7-16(8-10-18)20-11-17-5-3-4-6-19(17)21(26)29-20/h3-11,14-15H,12-13H2,1-2H3. The normalized spacial score (nSPS) is 22.3. The van der Waals surface area contributed by atoms with Gasteiger partial charge in [-0.15, -0.1) is 0 Å². The summed E-state index contributed by atoms with van der Waals surface area (Å²) >= 11 is 0. The van der Waals surface area contributed by atoms with Gasteiger partial charge in [0.25, 0.3) is 5.92 Å². The van der Waals surface area contributed by atoms with Crippen LogP contribution in [0.3, 0.4) is 0 Å². The Morgan fingerprint density at radius 1 is 1.00 bits per heavy atom. The van der Waals surface area contributed by atoms with E-state index in [1.54, 1.807) is 36.4 Å². The van der Waals surface area contributed by atoms with Gasteiger partial charge in [0.1, 0.15) is 5.76 Å². The summed E-state index contributed by atoms with van der Waals surface area (Å²) in [5.74, 6) is -4.71. The minimum Gasteiger partial charge on any atom is -0.422 e. The second-order valence-corrected chi connectivity index (χ2v) is 9.75. The molecule has 3 aromatic rings. The third kappa shape index (κ3) is 3.44. The van der Waals surface area contributed by atoms with Crippen molar-refractivity contribution in [3.8, 4) is 11.3 Å². The highest BCUT2D eigenvalue weighted by Gasteiger charge is 2.49. The molecule has 0 N–H and O–H groups in total. The Balaban J connectivity index is 1.64. The first-order chi connectivity index (χ1) is 14.1. The lowest BCUT2D eigenvalue weighted by atomic mass is 9.88. The number of nitrogens with zero attached hydrogens (tertiary/aromatic N) is 1. The lowest BCUT2D eigenvalue weighted by Crippen LogP contribution is -2.53. The van der Waals surface area contributed by atoms with Crippen LogP contribution in [0.5, 0.6) is 0 Å². The fraction of sp³-hybridized carbons (Fsp3) is 0.318. The smallest absolute Gasteiger partial charge is 0.344 e. The van der Waals surface area contributed by atoms with E-state index in [0.717, 1.165) is 9.69 Å². The lowest BCUT2D eigenvalue weighted by Gasteiger charge is -2.40. The maximum atomic E-state index is 14.1. The van der Waals surface area contributed by atoms with Crippen molar-refractivity contribution in [2.45, 2.75) is 24.7 Å². The fourth-order valence-corrected chi connectivity index (χ4v) is 5.45. The highest BCUT2D eigenvalue weighted by atomic mass is 32.2. The van der Waals surface area contributed by atoms with Gasteiger partial charge in [-0.25, -0.2) is 22.0 Å². The van der Waals surface area contributed by atoms with Gasteiger partial charge in [-0.2, -0.15) is 4.31 Å². The quantitative estimate of drug-likeness (QED) is 0.615. The molecule has 1 aromatic heterocycles. The summed E-state index contributed by atoms with van der Waals surface area (Å²) in [6.45, 7) is 2.26. The lowest BCUT2D eigenvalue weighted by molar-refractivity contribution is -0.126. The SMILES string of the molecule is CC1CN(S(=O)(=O)c2ccc(-c3cc4ccccc4c(=O)o3)cc2)CC(C)C1(F)F. The molecule has 2 atom stereocenters. The Hall–Kier alpha value is -2.58. The first-order valence-electron chi connectivity index (χ1n) is 9.62. The number of fused-ring (bicyclic) bond motifs is 1. The van der Waals surface area contributed by atoms with E-state index in [1.807, 2.05) is 6.07 Å². The van der Waals surface area contributed by atoms with Gasteiger partial charge in [0.05, 0.1) is 10.3 Å². The second-order valence-electron chi connectivity index (χ2n) is 7.81. The Labute approximate surface area is 173 Å². The molecule has 158 valence electrons. The first-order valence-corrected chi connectivity index (χ1v) is 11.1. The van der Waals surface area contributed by atoms with Crippen LogP contribution in [-0.4, -0.2) is 31.7 Å². The molecular weight excluding hydrogens is 412 g/mol. The Bertz CT molecular complexity index is 1240. The first kappa shape index (κ1) is 20.7. The zero-order chi connectivity index (χ0) is 21.7. The second kappa shape index (κ2) is 7.28. The number of piperidine rings is 1. The van der Waals surface area contributed by atoms with Crippen molar-refractivity contribution < 1.29 is 21.6 Å². The van der Waals surface area contributed by atoms with Gasteiger partial charge in [-0.3, -0.25) is 0 Å². The maximum Gasteiger partial charge on any atom is 0.344 e. The molecule has 8 heteroatoms. The molecule has 0 spiro atoms. The van der Waals surface area contributed by atoms with Crippen LogP contribution in [0.1, 0.15) is 13.8 Å². The molecule has 0 radical (unpaired) electrons. The number of alkyl halides is 2. The predicted molar refractivity (Wildman–Crippen MR) is 110 cm³/mol. The zero-order valence-corrected chi connectivity index (χ0v) is 17.3. The summed E-state index contributed by atoms with van der Waals surface area (Å²) in [4.78, 5) is 12.2. The van der Waals surface area contributed by atoms with Crippen LogP contribution in [0.4, 0.5) is 8.78 Å². The summed E-state index contributed by atoms with van der Waals surface area (Å²) in [7, 11) is -3.91. The van der Waals surface area contributed by atoms with Gasteiger partial charge in [-0.05, 0) is 41.8 Å². The van der Waals surface area contributed by atoms with Crippen molar-refractivity contribution in [1.29, 1.82) is 0 Å². The molecule has 5 nitrogen and oxygen atoms in total. The molecule has 1 aliphatic heterocycles. The van der Waals surface area contributed by atoms with Gasteiger partial charge < -0.3 is 4.42 Å². The van der Waals surface area contributed by atoms with Crippen LogP contribution in [-0.2, 0) is 10.0 Å². The number of rotatable bonds is 3. The minimum atomic E-state index is -3.91. The number of sulfonamides is 1. The molecule has 1 saturated heterocycles. The molecule has 4 rings (SSSR count). The molecule has 1 fully saturated rings. The molecule has 0 bridgehead atoms. The van der Waals surface area contributed by atoms with Crippen LogP contribution in [0.25, 0.3) is 22.1 Å². The summed E-state index contributed by atoms with van der Waals surface area (Å²) < 4.78 is 60.6. The monoisotopic (exact) mass is 433 g/mol. The van der Waals surface area contributed by atoms with Crippen LogP contribution < -0.4 is 5.63 Å². The molecule has 0 amide bonds. The Morgan fingerprint density at radius 2 is 1.60 bits per heavy atom. The van der Waals surface area contributed by atoms with Gasteiger partial charge in [0, 0.05) is 30.5 Å². The predicted octanol–water partition coefficient (Wildman–Crippen LogP) is 4.37. The highest BCUT2D eigenvalue weighted by molar-refractivity contribution is 7.89. The summed E-state index contributed by atoms with van der Waals surface area (Å²) in [5.41, 5.74) is 0.0701. The molecule has 2 heterocycles. The molecule has 0 aliphatic carbocycles. The van der Waals surface area contributed by atoms with Crippen molar-refractivity contribution >= 4 is 20.8 Å². The van der Waals surface area contributed by atoms with Crippen LogP contribution in [0, 0.1) is 11.8 Å². The largest absolute Gasteiger partial charge is 0.422 e. The van der Waals surface area contributed by atoms with Crippen molar-refractivity contribution in [2.24, 2.45) is 11.8 Å². The molecule has 2 aromatic carbocycles. The maximum absolute atomic E-state index is 14.1. The number of hydrogen-bond acceptors (Lipinski definition) is 4. The van der Waals surface area contributed by atoms with Crippen molar-refractivity contribution in [3.05, 3.63) is 65.0 Å². The van der Waals surface area contributed by atoms with Gasteiger partial charge in [0.2, 0.25) is 10.0 Å². The molecular formula is C22H21F2NO4S. The number of benzene rings is 2. The van der Waals surface area contributed by atoms with Crippen molar-refractivity contribution in [3.63, 3.8) is 0 Å². The fourth-order valence-electron chi connectivity index (χ4n) is 3.83. The molecule has 30 heavy (non-hydrogen) atoms. The van der Waals surface area contributed by atoms with E-state index in [0.29, 0.717) is 16.7 Å². The Morgan fingerprint density at radius 3 is 2.23 bits per heavy atom. The van der Waals surface area contributed by atoms with E-state index in [1.165, 1.54) is 26.0 Å². The Kier molecular flexibility index (Phi) is 5.02. The van der Waals surface area contributed by atoms with E-state index in [9.17, 15) is 22.0 Å². The van der Waals surface area contributed by atoms with E-state index >= 15 is 0 Å². The molecule has 2 unspecified atom stereocenters. The average molecular weight is 433 g/mol. The molecule has 0 saturated carbocycles. The van der Waals surface area contributed by atoms with E-state index in [4.69, 9.17) is 4.42 Å². The van der Waals surface area contributed by atoms with Gasteiger partial charge >= 0.3 is 5.63 Å². The third-order valence-corrected chi connectivity index (χ3v) is 7.56. The summed E-state index contributed by atoms with van der Waals surface area (Å²) in [6, 6.07) is 14.6. The summed E-state index contributed by atoms with van der Waals surface area (Å²) in [5, 5.41) is 1.18. The third-order valence-electron chi connectivity index (χ3n) is 5.72. The van der Waals surface area contributed by atoms with Gasteiger partial charge in [0.15, 0.2) is 0 Å². The highest BCUT2D eigenvalue weighted by Crippen LogP contribution is 2.39. The van der Waals surface area contributed by atoms with Crippen molar-refractivity contribution in [2.75, 3.05) is 13.1 Å². The van der Waals surface area contributed by atoms with Crippen LogP contribution in [0.2, 0.25) is 0 Å². The van der Waals surface area contributed by atoms with Crippen LogP contribution >= 0.6 is 0 Å². The number of hydrogen-bond donors (Lipinski definition) is 0.